The van der Waals surface area contributed by atoms with Crippen LogP contribution in [-0.2, 0) is 5.41 Å². The summed E-state index contributed by atoms with van der Waals surface area (Å²) in [4.78, 5) is 2.49. The molecule has 2 aromatic heterocycles. The number of rotatable bonds is 3. The highest BCUT2D eigenvalue weighted by atomic mass is 32.1. The summed E-state index contributed by atoms with van der Waals surface area (Å²) in [5.74, 6) is 0. The Morgan fingerprint density at radius 2 is 1.07 bits per heavy atom. The molecule has 7 aromatic carbocycles. The monoisotopic (exact) mass is 623 g/mol. The molecule has 0 radical (unpaired) electrons. The molecule has 3 heteroatoms. The van der Waals surface area contributed by atoms with E-state index in [9.17, 15) is 0 Å². The number of hydrogen-bond donors (Lipinski definition) is 0. The molecule has 1 aliphatic carbocycles. The minimum Gasteiger partial charge on any atom is -0.310 e. The quantitative estimate of drug-likeness (QED) is 0.189. The van der Waals surface area contributed by atoms with E-state index in [1.165, 1.54) is 90.4 Å². The summed E-state index contributed by atoms with van der Waals surface area (Å²) in [6, 6.07) is 52.2. The fourth-order valence-corrected chi connectivity index (χ4v) is 10.0. The number of thiophene rings is 2. The molecule has 2 heterocycles. The van der Waals surface area contributed by atoms with Gasteiger partial charge < -0.3 is 4.90 Å². The van der Waals surface area contributed by atoms with Crippen molar-refractivity contribution in [1.29, 1.82) is 0 Å². The van der Waals surface area contributed by atoms with Crippen LogP contribution in [0.3, 0.4) is 0 Å². The van der Waals surface area contributed by atoms with Gasteiger partial charge in [0.2, 0.25) is 0 Å². The first-order chi connectivity index (χ1) is 22.5. The third-order valence-corrected chi connectivity index (χ3v) is 12.3. The summed E-state index contributed by atoms with van der Waals surface area (Å²) < 4.78 is 5.31. The first-order valence-corrected chi connectivity index (χ1v) is 17.5. The van der Waals surface area contributed by atoms with Crippen LogP contribution >= 0.6 is 22.7 Å². The number of benzene rings is 7. The Bertz CT molecular complexity index is 2690. The number of anilines is 3. The topological polar surface area (TPSA) is 3.24 Å². The summed E-state index contributed by atoms with van der Waals surface area (Å²) in [6.45, 7) is 4.71. The lowest BCUT2D eigenvalue weighted by Gasteiger charge is -2.28. The van der Waals surface area contributed by atoms with Crippen molar-refractivity contribution < 1.29 is 0 Å². The van der Waals surface area contributed by atoms with Crippen molar-refractivity contribution in [2.75, 3.05) is 4.90 Å². The maximum absolute atomic E-state index is 2.49. The van der Waals surface area contributed by atoms with Crippen molar-refractivity contribution in [3.8, 4) is 11.1 Å². The largest absolute Gasteiger partial charge is 0.310 e. The van der Waals surface area contributed by atoms with Crippen molar-refractivity contribution in [3.63, 3.8) is 0 Å². The maximum Gasteiger partial charge on any atom is 0.0540 e. The van der Waals surface area contributed by atoms with E-state index in [1.807, 2.05) is 22.7 Å². The van der Waals surface area contributed by atoms with Gasteiger partial charge in [0, 0.05) is 62.5 Å². The van der Waals surface area contributed by atoms with Crippen LogP contribution in [0.25, 0.3) is 62.2 Å². The average Bonchev–Trinajstić information content (AvgIpc) is 3.71. The van der Waals surface area contributed by atoms with Gasteiger partial charge in [0.25, 0.3) is 0 Å². The molecule has 1 aliphatic rings. The summed E-state index contributed by atoms with van der Waals surface area (Å²) in [5, 5.41) is 7.80. The third-order valence-electron chi connectivity index (χ3n) is 10.0. The van der Waals surface area contributed by atoms with Crippen LogP contribution in [0.1, 0.15) is 25.0 Å². The second-order valence-corrected chi connectivity index (χ2v) is 15.1. The van der Waals surface area contributed by atoms with Gasteiger partial charge in [-0.05, 0) is 88.3 Å². The van der Waals surface area contributed by atoms with Crippen LogP contribution in [0.2, 0.25) is 0 Å². The molecule has 0 spiro atoms. The van der Waals surface area contributed by atoms with Gasteiger partial charge in [0.05, 0.1) is 5.69 Å². The Balaban J connectivity index is 1.27. The first-order valence-electron chi connectivity index (χ1n) is 15.8. The van der Waals surface area contributed by atoms with Crippen molar-refractivity contribution in [2.24, 2.45) is 0 Å². The van der Waals surface area contributed by atoms with Crippen LogP contribution in [0.15, 0.2) is 140 Å². The van der Waals surface area contributed by atoms with Crippen molar-refractivity contribution in [1.82, 2.24) is 0 Å². The molecule has 0 saturated heterocycles. The summed E-state index contributed by atoms with van der Waals surface area (Å²) in [7, 11) is 0. The van der Waals surface area contributed by atoms with Gasteiger partial charge in [0.15, 0.2) is 0 Å². The molecule has 0 atom stereocenters. The van der Waals surface area contributed by atoms with E-state index >= 15 is 0 Å². The highest BCUT2D eigenvalue weighted by Crippen LogP contribution is 2.51. The van der Waals surface area contributed by atoms with Gasteiger partial charge in [-0.1, -0.05) is 92.7 Å². The van der Waals surface area contributed by atoms with Crippen LogP contribution in [0.5, 0.6) is 0 Å². The smallest absolute Gasteiger partial charge is 0.0540 e. The van der Waals surface area contributed by atoms with E-state index in [4.69, 9.17) is 0 Å². The predicted octanol–water partition coefficient (Wildman–Crippen LogP) is 13.4. The number of fused-ring (bicyclic) bond motifs is 10. The van der Waals surface area contributed by atoms with Gasteiger partial charge in [-0.25, -0.2) is 0 Å². The summed E-state index contributed by atoms with van der Waals surface area (Å²) in [6.07, 6.45) is 0. The van der Waals surface area contributed by atoms with E-state index in [2.05, 4.69) is 158 Å². The molecule has 46 heavy (non-hydrogen) atoms. The third kappa shape index (κ3) is 3.67. The molecule has 1 nitrogen and oxygen atoms in total. The minimum absolute atomic E-state index is 0.0329. The lowest BCUT2D eigenvalue weighted by molar-refractivity contribution is 0.660. The zero-order valence-corrected chi connectivity index (χ0v) is 27.2. The zero-order valence-electron chi connectivity index (χ0n) is 25.5. The van der Waals surface area contributed by atoms with Gasteiger partial charge in [0.1, 0.15) is 0 Å². The molecular weight excluding hydrogens is 595 g/mol. The van der Waals surface area contributed by atoms with E-state index in [0.29, 0.717) is 0 Å². The van der Waals surface area contributed by atoms with E-state index in [1.54, 1.807) is 0 Å². The van der Waals surface area contributed by atoms with Crippen LogP contribution in [0, 0.1) is 0 Å². The van der Waals surface area contributed by atoms with Crippen LogP contribution < -0.4 is 4.90 Å². The van der Waals surface area contributed by atoms with E-state index < -0.39 is 0 Å². The molecule has 0 N–H and O–H groups in total. The Labute approximate surface area is 275 Å². The molecule has 10 rings (SSSR count). The fraction of sp³-hybridized carbons (Fsp3) is 0.0698. The molecule has 9 aromatic rings. The SMILES string of the molecule is CC1(C)c2ccccc2-c2cc(N(c3ccc4sc5ccccc5c4c3)c3cccc4cc5sc6ccccc6c5cc34)ccc21. The highest BCUT2D eigenvalue weighted by Gasteiger charge is 2.35. The predicted molar refractivity (Wildman–Crippen MR) is 202 cm³/mol. The molecular formula is C43H29NS2. The summed E-state index contributed by atoms with van der Waals surface area (Å²) in [5.41, 5.74) is 8.97. The fourth-order valence-electron chi connectivity index (χ4n) is 7.80. The Kier molecular flexibility index (Phi) is 5.44. The van der Waals surface area contributed by atoms with Gasteiger partial charge in [-0.15, -0.1) is 22.7 Å². The van der Waals surface area contributed by atoms with Gasteiger partial charge >= 0.3 is 0 Å². The molecule has 0 amide bonds. The van der Waals surface area contributed by atoms with Crippen molar-refractivity contribution >= 4 is 90.9 Å². The Hall–Kier alpha value is -4.96. The number of hydrogen-bond acceptors (Lipinski definition) is 3. The van der Waals surface area contributed by atoms with Gasteiger partial charge in [-0.2, -0.15) is 0 Å². The maximum atomic E-state index is 2.49. The molecule has 0 aliphatic heterocycles. The highest BCUT2D eigenvalue weighted by molar-refractivity contribution is 7.26. The van der Waals surface area contributed by atoms with Gasteiger partial charge in [-0.3, -0.25) is 0 Å². The first kappa shape index (κ1) is 26.3. The second kappa shape index (κ2) is 9.53. The normalized spacial score (nSPS) is 13.6. The lowest BCUT2D eigenvalue weighted by atomic mass is 9.82. The molecule has 0 saturated carbocycles. The zero-order chi connectivity index (χ0) is 30.6. The van der Waals surface area contributed by atoms with Crippen LogP contribution in [0.4, 0.5) is 17.1 Å². The molecule has 0 bridgehead atoms. The van der Waals surface area contributed by atoms with Crippen molar-refractivity contribution in [2.45, 2.75) is 19.3 Å². The number of nitrogens with zero attached hydrogens (tertiary/aromatic N) is 1. The molecule has 0 unspecified atom stereocenters. The minimum atomic E-state index is -0.0329. The standard InChI is InChI=1S/C43H29NS2/c1-43(2)36-14-6-3-11-29(36)33-23-27(18-20-37(33)43)44(28-19-21-41-34(24-28)30-12-4-7-16-39(30)45-41)38-15-9-10-26-22-42-35(25-32(26)38)31-13-5-8-17-40(31)46-42/h3-25H,1-2H3. The van der Waals surface area contributed by atoms with Crippen molar-refractivity contribution in [3.05, 3.63) is 151 Å². The average molecular weight is 624 g/mol. The van der Waals surface area contributed by atoms with E-state index in [0.717, 1.165) is 0 Å². The molecule has 0 fully saturated rings. The van der Waals surface area contributed by atoms with Crippen LogP contribution in [-0.4, -0.2) is 0 Å². The molecule has 218 valence electrons. The van der Waals surface area contributed by atoms with E-state index in [-0.39, 0.29) is 5.41 Å². The second-order valence-electron chi connectivity index (χ2n) is 13.0. The lowest BCUT2D eigenvalue weighted by Crippen LogP contribution is -2.15. The Morgan fingerprint density at radius 3 is 1.89 bits per heavy atom. The Morgan fingerprint density at radius 1 is 0.435 bits per heavy atom. The summed E-state index contributed by atoms with van der Waals surface area (Å²) >= 11 is 3.75.